The van der Waals surface area contributed by atoms with Crippen LogP contribution in [-0.4, -0.2) is 0 Å². The number of nitriles is 2. The summed E-state index contributed by atoms with van der Waals surface area (Å²) < 4.78 is 0. The summed E-state index contributed by atoms with van der Waals surface area (Å²) in [5, 5.41) is 18.2. The van der Waals surface area contributed by atoms with Crippen molar-refractivity contribution in [3.63, 3.8) is 0 Å². The van der Waals surface area contributed by atoms with Gasteiger partial charge in [0.25, 0.3) is 0 Å². The Morgan fingerprint density at radius 1 is 0.595 bits per heavy atom. The van der Waals surface area contributed by atoms with Gasteiger partial charge in [-0.25, -0.2) is 0 Å². The van der Waals surface area contributed by atoms with E-state index in [0.717, 1.165) is 24.0 Å². The second-order valence-corrected chi connectivity index (χ2v) is 10.7. The number of fused-ring (bicyclic) bond motifs is 3. The molecule has 0 saturated heterocycles. The van der Waals surface area contributed by atoms with Crippen molar-refractivity contribution in [1.82, 2.24) is 0 Å². The Morgan fingerprint density at radius 2 is 1.00 bits per heavy atom. The summed E-state index contributed by atoms with van der Waals surface area (Å²) >= 11 is 0. The molecule has 0 spiro atoms. The van der Waals surface area contributed by atoms with E-state index in [1.54, 1.807) is 12.2 Å². The molecule has 0 heterocycles. The number of allylic oxidation sites excluding steroid dienone is 2. The van der Waals surface area contributed by atoms with Crippen molar-refractivity contribution in [2.75, 3.05) is 0 Å². The topological polar surface area (TPSA) is 47.6 Å². The van der Waals surface area contributed by atoms with Gasteiger partial charge >= 0.3 is 0 Å². The molecule has 2 aromatic carbocycles. The maximum Gasteiger partial charge on any atom is 0.0912 e. The molecule has 2 aromatic rings. The van der Waals surface area contributed by atoms with Gasteiger partial charge in [-0.1, -0.05) is 127 Å². The van der Waals surface area contributed by atoms with Gasteiger partial charge in [0.2, 0.25) is 0 Å². The molecule has 0 fully saturated rings. The first-order chi connectivity index (χ1) is 18.2. The van der Waals surface area contributed by atoms with Crippen LogP contribution < -0.4 is 0 Å². The van der Waals surface area contributed by atoms with Crippen molar-refractivity contribution in [2.24, 2.45) is 0 Å². The number of nitrogens with zero attached hydrogens (tertiary/aromatic N) is 2. The lowest BCUT2D eigenvalue weighted by Crippen LogP contribution is -2.25. The van der Waals surface area contributed by atoms with Gasteiger partial charge in [-0.05, 0) is 58.4 Å². The first-order valence-corrected chi connectivity index (χ1v) is 14.6. The summed E-state index contributed by atoms with van der Waals surface area (Å²) in [6, 6.07) is 17.8. The molecule has 1 aliphatic carbocycles. The van der Waals surface area contributed by atoms with Crippen LogP contribution in [-0.2, 0) is 5.41 Å². The Morgan fingerprint density at radius 3 is 1.41 bits per heavy atom. The molecule has 0 bridgehead atoms. The van der Waals surface area contributed by atoms with Gasteiger partial charge < -0.3 is 0 Å². The van der Waals surface area contributed by atoms with Gasteiger partial charge in [-0.15, -0.1) is 0 Å². The first kappa shape index (κ1) is 28.5. The summed E-state index contributed by atoms with van der Waals surface area (Å²) in [6.07, 6.45) is 24.9. The highest BCUT2D eigenvalue weighted by atomic mass is 14.4. The highest BCUT2D eigenvalue weighted by Gasteiger charge is 2.42. The van der Waals surface area contributed by atoms with Crippen LogP contribution in [0.5, 0.6) is 0 Å². The van der Waals surface area contributed by atoms with Gasteiger partial charge in [0, 0.05) is 17.6 Å². The van der Waals surface area contributed by atoms with Gasteiger partial charge in [0.15, 0.2) is 0 Å². The highest BCUT2D eigenvalue weighted by molar-refractivity contribution is 5.83. The summed E-state index contributed by atoms with van der Waals surface area (Å²) in [5.74, 6) is 0. The number of benzene rings is 2. The molecule has 2 nitrogen and oxygen atoms in total. The lowest BCUT2D eigenvalue weighted by Gasteiger charge is -2.33. The third kappa shape index (κ3) is 7.46. The fourth-order valence-corrected chi connectivity index (χ4v) is 6.08. The van der Waals surface area contributed by atoms with Crippen molar-refractivity contribution in [1.29, 1.82) is 10.5 Å². The van der Waals surface area contributed by atoms with Crippen LogP contribution in [0.2, 0.25) is 0 Å². The van der Waals surface area contributed by atoms with Gasteiger partial charge in [0.05, 0.1) is 12.1 Å². The minimum Gasteiger partial charge on any atom is -0.193 e. The predicted octanol–water partition coefficient (Wildman–Crippen LogP) is 10.5. The Bertz CT molecular complexity index is 1050. The standard InChI is InChI=1S/C35H44N2/c1-3-5-7-9-11-13-23-35(24-14-12-10-8-6-4-2)33-27-29(17-15-25-36)19-21-31(33)32-22-20-30(18-16-26-37)28-34(32)35/h15-22,27-28H,3-14,23-24H2,1-2H3/b17-15+,18-16+. The molecule has 0 amide bonds. The molecule has 37 heavy (non-hydrogen) atoms. The minimum absolute atomic E-state index is 0.00678. The van der Waals surface area contributed by atoms with E-state index < -0.39 is 0 Å². The van der Waals surface area contributed by atoms with E-state index in [2.05, 4.69) is 62.4 Å². The number of rotatable bonds is 16. The lowest BCUT2D eigenvalue weighted by molar-refractivity contribution is 0.398. The number of hydrogen-bond donors (Lipinski definition) is 0. The van der Waals surface area contributed by atoms with Crippen LogP contribution in [0.3, 0.4) is 0 Å². The molecule has 3 rings (SSSR count). The average molecular weight is 493 g/mol. The Hall–Kier alpha value is -3.10. The van der Waals surface area contributed by atoms with E-state index in [4.69, 9.17) is 10.5 Å². The highest BCUT2D eigenvalue weighted by Crippen LogP contribution is 2.54. The van der Waals surface area contributed by atoms with Crippen LogP contribution in [0.1, 0.15) is 126 Å². The monoisotopic (exact) mass is 492 g/mol. The zero-order chi connectivity index (χ0) is 26.3. The normalized spacial score (nSPS) is 13.5. The van der Waals surface area contributed by atoms with Crippen LogP contribution in [0.4, 0.5) is 0 Å². The van der Waals surface area contributed by atoms with Crippen molar-refractivity contribution < 1.29 is 0 Å². The second-order valence-electron chi connectivity index (χ2n) is 10.7. The summed E-state index contributed by atoms with van der Waals surface area (Å²) in [5.41, 5.74) is 7.76. The Balaban J connectivity index is 2.01. The fraction of sp³-hybridized carbons (Fsp3) is 0.486. The van der Waals surface area contributed by atoms with Crippen LogP contribution >= 0.6 is 0 Å². The minimum atomic E-state index is -0.00678. The van der Waals surface area contributed by atoms with Gasteiger partial charge in [0.1, 0.15) is 0 Å². The van der Waals surface area contributed by atoms with Gasteiger partial charge in [-0.3, -0.25) is 0 Å². The smallest absolute Gasteiger partial charge is 0.0912 e. The Kier molecular flexibility index (Phi) is 11.7. The maximum atomic E-state index is 9.11. The van der Waals surface area contributed by atoms with E-state index in [-0.39, 0.29) is 5.41 Å². The van der Waals surface area contributed by atoms with Crippen LogP contribution in [0.15, 0.2) is 48.6 Å². The zero-order valence-corrected chi connectivity index (χ0v) is 23.1. The lowest BCUT2D eigenvalue weighted by atomic mass is 9.70. The number of hydrogen-bond acceptors (Lipinski definition) is 2. The van der Waals surface area contributed by atoms with Crippen LogP contribution in [0, 0.1) is 22.7 Å². The number of unbranched alkanes of at least 4 members (excludes halogenated alkanes) is 10. The third-order valence-corrected chi connectivity index (χ3v) is 8.02. The molecule has 0 N–H and O–H groups in total. The quantitative estimate of drug-likeness (QED) is 0.173. The summed E-state index contributed by atoms with van der Waals surface area (Å²) in [7, 11) is 0. The molecular formula is C35H44N2. The molecule has 0 saturated carbocycles. The molecule has 0 aliphatic heterocycles. The van der Waals surface area contributed by atoms with E-state index in [1.807, 2.05) is 12.2 Å². The van der Waals surface area contributed by atoms with E-state index in [0.29, 0.717) is 0 Å². The molecule has 0 unspecified atom stereocenters. The molecule has 2 heteroatoms. The SMILES string of the molecule is CCCCCCCCC1(CCCCCCCC)c2cc(/C=C/C#N)ccc2-c2ccc(/C=C/C#N)cc21. The molecule has 1 aliphatic rings. The van der Waals surface area contributed by atoms with Crippen LogP contribution in [0.25, 0.3) is 23.3 Å². The van der Waals surface area contributed by atoms with E-state index in [9.17, 15) is 0 Å². The fourth-order valence-electron chi connectivity index (χ4n) is 6.08. The maximum absolute atomic E-state index is 9.11. The average Bonchev–Trinajstić information content (AvgIpc) is 3.18. The molecule has 194 valence electrons. The predicted molar refractivity (Wildman–Crippen MR) is 158 cm³/mol. The largest absolute Gasteiger partial charge is 0.193 e. The first-order valence-electron chi connectivity index (χ1n) is 14.6. The Labute approximate surface area is 225 Å². The van der Waals surface area contributed by atoms with Gasteiger partial charge in [-0.2, -0.15) is 10.5 Å². The molecular weight excluding hydrogens is 448 g/mol. The second kappa shape index (κ2) is 15.2. The summed E-state index contributed by atoms with van der Waals surface area (Å²) in [6.45, 7) is 4.55. The van der Waals surface area contributed by atoms with Crippen molar-refractivity contribution >= 4 is 12.2 Å². The molecule has 0 aromatic heterocycles. The van der Waals surface area contributed by atoms with Crippen molar-refractivity contribution in [2.45, 2.75) is 109 Å². The van der Waals surface area contributed by atoms with Crippen molar-refractivity contribution in [3.8, 4) is 23.3 Å². The molecule has 0 atom stereocenters. The van der Waals surface area contributed by atoms with Crippen molar-refractivity contribution in [3.05, 3.63) is 70.8 Å². The zero-order valence-electron chi connectivity index (χ0n) is 23.1. The summed E-state index contributed by atoms with van der Waals surface area (Å²) in [4.78, 5) is 0. The van der Waals surface area contributed by atoms with E-state index in [1.165, 1.54) is 99.3 Å². The third-order valence-electron chi connectivity index (χ3n) is 8.02. The molecule has 0 radical (unpaired) electrons. The van der Waals surface area contributed by atoms with E-state index >= 15 is 0 Å².